The molecule has 0 aliphatic heterocycles. The Kier molecular flexibility index (Phi) is 24.9. The van der Waals surface area contributed by atoms with Gasteiger partial charge >= 0.3 is 11.9 Å². The summed E-state index contributed by atoms with van der Waals surface area (Å²) < 4.78 is 16.3. The Morgan fingerprint density at radius 3 is 1.59 bits per heavy atom. The molecule has 0 aromatic heterocycles. The van der Waals surface area contributed by atoms with E-state index in [0.29, 0.717) is 63.2 Å². The molecule has 0 aliphatic carbocycles. The first-order valence-corrected chi connectivity index (χ1v) is 22.7. The van der Waals surface area contributed by atoms with Crippen molar-refractivity contribution in [2.45, 2.75) is 136 Å². The third-order valence-corrected chi connectivity index (χ3v) is 9.87. The summed E-state index contributed by atoms with van der Waals surface area (Å²) in [6, 6.07) is 24.3. The fourth-order valence-corrected chi connectivity index (χ4v) is 6.47. The SMILES string of the molecule is CC(C)(C)OC(=O)CCCCCNC(=O)CCCCCNC(=O)COc1ccc(-c2cccc(C(=O)NCCCCCC(=O)NCCCCCC(=O)OCc3ccccc3)c2)cc1. The summed E-state index contributed by atoms with van der Waals surface area (Å²) in [6.45, 7) is 7.93. The fourth-order valence-electron chi connectivity index (χ4n) is 6.47. The number of rotatable bonds is 31. The van der Waals surface area contributed by atoms with E-state index in [-0.39, 0.29) is 48.8 Å². The van der Waals surface area contributed by atoms with Crippen LogP contribution in [0, 0.1) is 0 Å². The number of hydrogen-bond donors (Lipinski definition) is 4. The van der Waals surface area contributed by atoms with E-state index in [0.717, 1.165) is 93.7 Å². The van der Waals surface area contributed by atoms with E-state index in [4.69, 9.17) is 14.2 Å². The first-order chi connectivity index (χ1) is 30.4. The number of unbranched alkanes of at least 4 members (excludes halogenated alkanes) is 8. The van der Waals surface area contributed by atoms with Crippen molar-refractivity contribution < 1.29 is 43.0 Å². The van der Waals surface area contributed by atoms with Gasteiger partial charge in [0.05, 0.1) is 0 Å². The molecule has 0 fully saturated rings. The van der Waals surface area contributed by atoms with E-state index in [9.17, 15) is 28.8 Å². The molecular formula is C50H70N4O9. The van der Waals surface area contributed by atoms with E-state index in [1.54, 1.807) is 18.2 Å². The summed E-state index contributed by atoms with van der Waals surface area (Å²) in [7, 11) is 0. The molecule has 0 unspecified atom stereocenters. The molecule has 3 aromatic rings. The van der Waals surface area contributed by atoms with Crippen molar-refractivity contribution in [3.8, 4) is 16.9 Å². The topological polar surface area (TPSA) is 178 Å². The van der Waals surface area contributed by atoms with E-state index in [1.165, 1.54) is 0 Å². The Labute approximate surface area is 374 Å². The molecule has 3 rings (SSSR count). The maximum absolute atomic E-state index is 12.9. The number of carbonyl (C=O) groups is 6. The molecule has 0 aliphatic rings. The summed E-state index contributed by atoms with van der Waals surface area (Å²) in [6.07, 6.45) is 11.1. The van der Waals surface area contributed by atoms with Crippen molar-refractivity contribution in [2.24, 2.45) is 0 Å². The molecular weight excluding hydrogens is 801 g/mol. The Balaban J connectivity index is 1.16. The van der Waals surface area contributed by atoms with Gasteiger partial charge in [0.2, 0.25) is 11.8 Å². The summed E-state index contributed by atoms with van der Waals surface area (Å²) in [5.74, 6) is -0.191. The number of ether oxygens (including phenoxy) is 3. The summed E-state index contributed by atoms with van der Waals surface area (Å²) >= 11 is 0. The molecule has 63 heavy (non-hydrogen) atoms. The standard InChI is InChI=1S/C50H70N4O9/c1-50(2,3)63-48(59)27-14-8-17-33-52-44(55)24-11-5-15-34-53-46(57)38-61-43-30-28-40(29-31-43)41-22-19-23-42(36-41)49(60)54-35-18-6-12-25-45(56)51-32-16-7-13-26-47(58)62-37-39-20-9-4-10-21-39/h4,9-10,19-23,28-31,36H,5-8,11-18,24-27,32-35,37-38H2,1-3H3,(H,51,56)(H,52,55)(H,53,57)(H,54,60). The van der Waals surface area contributed by atoms with E-state index in [2.05, 4.69) is 21.3 Å². The molecule has 3 aromatic carbocycles. The highest BCUT2D eigenvalue weighted by Gasteiger charge is 2.16. The zero-order valence-corrected chi connectivity index (χ0v) is 37.7. The largest absolute Gasteiger partial charge is 0.484 e. The van der Waals surface area contributed by atoms with Gasteiger partial charge in [0, 0.05) is 57.4 Å². The highest BCUT2D eigenvalue weighted by molar-refractivity contribution is 5.95. The number of carbonyl (C=O) groups excluding carboxylic acids is 6. The summed E-state index contributed by atoms with van der Waals surface area (Å²) in [4.78, 5) is 73.1. The Morgan fingerprint density at radius 2 is 1.02 bits per heavy atom. The monoisotopic (exact) mass is 871 g/mol. The summed E-state index contributed by atoms with van der Waals surface area (Å²) in [5.41, 5.74) is 2.84. The molecule has 0 spiro atoms. The molecule has 0 saturated carbocycles. The van der Waals surface area contributed by atoms with Gasteiger partial charge in [-0.1, -0.05) is 80.3 Å². The van der Waals surface area contributed by atoms with Crippen LogP contribution in [0.2, 0.25) is 0 Å². The molecule has 4 N–H and O–H groups in total. The van der Waals surface area contributed by atoms with Crippen LogP contribution < -0.4 is 26.0 Å². The van der Waals surface area contributed by atoms with Crippen molar-refractivity contribution in [3.63, 3.8) is 0 Å². The van der Waals surface area contributed by atoms with Crippen LogP contribution in [-0.2, 0) is 40.1 Å². The number of hydrogen-bond acceptors (Lipinski definition) is 9. The van der Waals surface area contributed by atoms with Gasteiger partial charge in [-0.25, -0.2) is 0 Å². The second kappa shape index (κ2) is 30.3. The van der Waals surface area contributed by atoms with Crippen LogP contribution >= 0.6 is 0 Å². The predicted octanol–water partition coefficient (Wildman–Crippen LogP) is 8.14. The Hall–Kier alpha value is -5.72. The second-order valence-electron chi connectivity index (χ2n) is 16.7. The molecule has 0 saturated heterocycles. The third kappa shape index (κ3) is 25.1. The van der Waals surface area contributed by atoms with Gasteiger partial charge < -0.3 is 35.5 Å². The molecule has 4 amide bonds. The van der Waals surface area contributed by atoms with Crippen LogP contribution in [-0.4, -0.2) is 74.0 Å². The van der Waals surface area contributed by atoms with Crippen LogP contribution in [0.1, 0.15) is 139 Å². The van der Waals surface area contributed by atoms with Crippen LogP contribution in [0.3, 0.4) is 0 Å². The average Bonchev–Trinajstić information content (AvgIpc) is 3.26. The summed E-state index contributed by atoms with van der Waals surface area (Å²) in [5, 5.41) is 11.7. The highest BCUT2D eigenvalue weighted by Crippen LogP contribution is 2.23. The van der Waals surface area contributed by atoms with E-state index >= 15 is 0 Å². The van der Waals surface area contributed by atoms with E-state index < -0.39 is 5.60 Å². The van der Waals surface area contributed by atoms with Gasteiger partial charge in [0.1, 0.15) is 18.0 Å². The van der Waals surface area contributed by atoms with Gasteiger partial charge in [-0.2, -0.15) is 0 Å². The molecule has 0 radical (unpaired) electrons. The number of nitrogens with one attached hydrogen (secondary N) is 4. The number of amides is 4. The lowest BCUT2D eigenvalue weighted by Crippen LogP contribution is -2.29. The number of esters is 2. The van der Waals surface area contributed by atoms with Gasteiger partial charge in [0.25, 0.3) is 11.8 Å². The van der Waals surface area contributed by atoms with Crippen molar-refractivity contribution in [1.29, 1.82) is 0 Å². The van der Waals surface area contributed by atoms with Gasteiger partial charge in [-0.3, -0.25) is 28.8 Å². The minimum atomic E-state index is -0.467. The Morgan fingerprint density at radius 1 is 0.492 bits per heavy atom. The van der Waals surface area contributed by atoms with Crippen LogP contribution in [0.15, 0.2) is 78.9 Å². The quantitative estimate of drug-likeness (QED) is 0.0367. The third-order valence-electron chi connectivity index (χ3n) is 9.87. The molecule has 13 nitrogen and oxygen atoms in total. The Bertz CT molecular complexity index is 1830. The lowest BCUT2D eigenvalue weighted by atomic mass is 10.0. The molecule has 0 bridgehead atoms. The minimum absolute atomic E-state index is 0.0143. The number of benzene rings is 3. The fraction of sp³-hybridized carbons (Fsp3) is 0.520. The normalized spacial score (nSPS) is 11.0. The highest BCUT2D eigenvalue weighted by atomic mass is 16.6. The van der Waals surface area contributed by atoms with Crippen LogP contribution in [0.25, 0.3) is 11.1 Å². The minimum Gasteiger partial charge on any atom is -0.484 e. The first-order valence-electron chi connectivity index (χ1n) is 22.7. The molecule has 344 valence electrons. The maximum atomic E-state index is 12.9. The first kappa shape index (κ1) is 51.6. The maximum Gasteiger partial charge on any atom is 0.306 e. The average molecular weight is 871 g/mol. The van der Waals surface area contributed by atoms with Crippen molar-refractivity contribution in [2.75, 3.05) is 32.8 Å². The molecule has 0 atom stereocenters. The van der Waals surface area contributed by atoms with Gasteiger partial charge in [-0.05, 0) is 113 Å². The molecule has 0 heterocycles. The lowest BCUT2D eigenvalue weighted by Gasteiger charge is -2.19. The molecule has 13 heteroatoms. The lowest BCUT2D eigenvalue weighted by molar-refractivity contribution is -0.155. The predicted molar refractivity (Wildman–Crippen MR) is 245 cm³/mol. The van der Waals surface area contributed by atoms with Gasteiger partial charge in [0.15, 0.2) is 6.61 Å². The van der Waals surface area contributed by atoms with Crippen LogP contribution in [0.5, 0.6) is 5.75 Å². The van der Waals surface area contributed by atoms with Crippen molar-refractivity contribution in [3.05, 3.63) is 90.0 Å². The van der Waals surface area contributed by atoms with Crippen molar-refractivity contribution >= 4 is 35.6 Å². The second-order valence-corrected chi connectivity index (χ2v) is 16.7. The van der Waals surface area contributed by atoms with Gasteiger partial charge in [-0.15, -0.1) is 0 Å². The zero-order chi connectivity index (χ0) is 45.5. The smallest absolute Gasteiger partial charge is 0.306 e. The zero-order valence-electron chi connectivity index (χ0n) is 37.7. The van der Waals surface area contributed by atoms with E-state index in [1.807, 2.05) is 81.4 Å². The van der Waals surface area contributed by atoms with Crippen LogP contribution in [0.4, 0.5) is 0 Å². The van der Waals surface area contributed by atoms with Crippen molar-refractivity contribution in [1.82, 2.24) is 21.3 Å².